The summed E-state index contributed by atoms with van der Waals surface area (Å²) in [6.07, 6.45) is 9.63. The van der Waals surface area contributed by atoms with Crippen molar-refractivity contribution in [2.75, 3.05) is 32.5 Å². The number of nitrogens with one attached hydrogen (secondary N) is 1. The Labute approximate surface area is 194 Å². The molecule has 1 fully saturated rings. The van der Waals surface area contributed by atoms with Gasteiger partial charge < -0.3 is 4.74 Å². The Kier molecular flexibility index (Phi) is 7.80. The van der Waals surface area contributed by atoms with Crippen molar-refractivity contribution in [2.45, 2.75) is 24.2 Å². The van der Waals surface area contributed by atoms with Crippen molar-refractivity contribution in [1.82, 2.24) is 15.1 Å². The minimum absolute atomic E-state index is 0.723. The van der Waals surface area contributed by atoms with E-state index in [0.29, 0.717) is 0 Å². The van der Waals surface area contributed by atoms with Gasteiger partial charge in [-0.25, -0.2) is 4.99 Å². The number of piperidine rings is 1. The SMILES string of the molecule is C=C(C=Nc1[nH]ncc1-c1ccc(SC)cc1)c1ccc(OCCN2CCCCC2)cc1. The largest absolute Gasteiger partial charge is 0.492 e. The number of benzene rings is 2. The monoisotopic (exact) mass is 446 g/mol. The van der Waals surface area contributed by atoms with Gasteiger partial charge >= 0.3 is 0 Å². The van der Waals surface area contributed by atoms with E-state index >= 15 is 0 Å². The Morgan fingerprint density at radius 1 is 1.12 bits per heavy atom. The van der Waals surface area contributed by atoms with Gasteiger partial charge in [0.05, 0.1) is 6.20 Å². The van der Waals surface area contributed by atoms with Crippen molar-refractivity contribution >= 4 is 29.4 Å². The summed E-state index contributed by atoms with van der Waals surface area (Å²) >= 11 is 1.73. The average Bonchev–Trinajstić information content (AvgIpc) is 3.32. The summed E-state index contributed by atoms with van der Waals surface area (Å²) in [4.78, 5) is 8.31. The molecule has 1 aliphatic rings. The second kappa shape index (κ2) is 11.2. The molecule has 0 aliphatic carbocycles. The van der Waals surface area contributed by atoms with Gasteiger partial charge in [-0.1, -0.05) is 37.3 Å². The van der Waals surface area contributed by atoms with Crippen LogP contribution in [0.15, 0.2) is 71.2 Å². The number of ether oxygens (including phenoxy) is 1. The third-order valence-electron chi connectivity index (χ3n) is 5.72. The van der Waals surface area contributed by atoms with Gasteiger partial charge in [0.25, 0.3) is 0 Å². The lowest BCUT2D eigenvalue weighted by Crippen LogP contribution is -2.33. The maximum Gasteiger partial charge on any atom is 0.155 e. The van der Waals surface area contributed by atoms with Crippen LogP contribution in [0.25, 0.3) is 16.7 Å². The van der Waals surface area contributed by atoms with Crippen LogP contribution in [0.4, 0.5) is 5.82 Å². The molecule has 6 heteroatoms. The van der Waals surface area contributed by atoms with E-state index in [1.165, 1.54) is 37.2 Å². The molecule has 0 bridgehead atoms. The summed E-state index contributed by atoms with van der Waals surface area (Å²) in [5.74, 6) is 1.61. The molecule has 0 atom stereocenters. The third-order valence-corrected chi connectivity index (χ3v) is 6.46. The Morgan fingerprint density at radius 2 is 1.88 bits per heavy atom. The zero-order chi connectivity index (χ0) is 22.2. The van der Waals surface area contributed by atoms with Crippen molar-refractivity contribution < 1.29 is 4.74 Å². The van der Waals surface area contributed by atoms with Gasteiger partial charge in [-0.15, -0.1) is 11.8 Å². The van der Waals surface area contributed by atoms with Crippen molar-refractivity contribution in [3.8, 4) is 16.9 Å². The standard InChI is InChI=1S/C26H30N4OS/c1-20(18-27-26-25(19-28-29-26)22-8-12-24(32-2)13-9-22)21-6-10-23(11-7-21)31-17-16-30-14-4-3-5-15-30/h6-13,18-19H,1,3-5,14-17H2,2H3,(H,28,29). The number of H-pyrrole nitrogens is 1. The van der Waals surface area contributed by atoms with Crippen molar-refractivity contribution in [3.05, 3.63) is 66.9 Å². The van der Waals surface area contributed by atoms with Crippen LogP contribution >= 0.6 is 11.8 Å². The number of hydrogen-bond donors (Lipinski definition) is 1. The molecule has 0 saturated carbocycles. The number of nitrogens with zero attached hydrogens (tertiary/aromatic N) is 3. The van der Waals surface area contributed by atoms with E-state index in [1.54, 1.807) is 24.2 Å². The normalized spacial score (nSPS) is 14.7. The molecular formula is C26H30N4OS. The van der Waals surface area contributed by atoms with Crippen LogP contribution < -0.4 is 4.74 Å². The predicted octanol–water partition coefficient (Wildman–Crippen LogP) is 6.08. The molecular weight excluding hydrogens is 416 g/mol. The average molecular weight is 447 g/mol. The molecule has 166 valence electrons. The first-order valence-electron chi connectivity index (χ1n) is 11.1. The lowest BCUT2D eigenvalue weighted by Gasteiger charge is -2.26. The number of hydrogen-bond acceptors (Lipinski definition) is 5. The summed E-state index contributed by atoms with van der Waals surface area (Å²) in [6, 6.07) is 16.5. The van der Waals surface area contributed by atoms with Crippen LogP contribution in [0.3, 0.4) is 0 Å². The smallest absolute Gasteiger partial charge is 0.155 e. The molecule has 1 saturated heterocycles. The lowest BCUT2D eigenvalue weighted by molar-refractivity contribution is 0.183. The zero-order valence-corrected chi connectivity index (χ0v) is 19.4. The third kappa shape index (κ3) is 5.90. The first kappa shape index (κ1) is 22.4. The lowest BCUT2D eigenvalue weighted by atomic mass is 10.1. The highest BCUT2D eigenvalue weighted by atomic mass is 32.2. The van der Waals surface area contributed by atoms with E-state index < -0.39 is 0 Å². The molecule has 0 unspecified atom stereocenters. The van der Waals surface area contributed by atoms with Crippen LogP contribution in [0, 0.1) is 0 Å². The van der Waals surface area contributed by atoms with Crippen LogP contribution in [-0.4, -0.2) is 53.8 Å². The fraction of sp³-hybridized carbons (Fsp3) is 0.308. The zero-order valence-electron chi connectivity index (χ0n) is 18.6. The van der Waals surface area contributed by atoms with E-state index in [4.69, 9.17) is 4.74 Å². The van der Waals surface area contributed by atoms with Gasteiger partial charge in [-0.2, -0.15) is 5.10 Å². The summed E-state index contributed by atoms with van der Waals surface area (Å²) in [5.41, 5.74) is 3.91. The second-order valence-corrected chi connectivity index (χ2v) is 8.80. The molecule has 5 nitrogen and oxygen atoms in total. The van der Waals surface area contributed by atoms with E-state index in [0.717, 1.165) is 47.0 Å². The maximum atomic E-state index is 5.92. The highest BCUT2D eigenvalue weighted by Gasteiger charge is 2.10. The molecule has 2 aromatic carbocycles. The van der Waals surface area contributed by atoms with Crippen molar-refractivity contribution in [1.29, 1.82) is 0 Å². The number of aromatic amines is 1. The summed E-state index contributed by atoms with van der Waals surface area (Å²) in [7, 11) is 0. The molecule has 1 aromatic heterocycles. The van der Waals surface area contributed by atoms with E-state index in [1.807, 2.05) is 24.3 Å². The number of aliphatic imine (C=N–C) groups is 1. The number of aromatic nitrogens is 2. The molecule has 0 spiro atoms. The van der Waals surface area contributed by atoms with E-state index in [2.05, 4.69) is 57.2 Å². The first-order chi connectivity index (χ1) is 15.7. The molecule has 32 heavy (non-hydrogen) atoms. The second-order valence-electron chi connectivity index (χ2n) is 7.92. The number of likely N-dealkylation sites (tertiary alicyclic amines) is 1. The Hall–Kier alpha value is -2.83. The van der Waals surface area contributed by atoms with E-state index in [9.17, 15) is 0 Å². The molecule has 2 heterocycles. The highest BCUT2D eigenvalue weighted by Crippen LogP contribution is 2.29. The van der Waals surface area contributed by atoms with Crippen LogP contribution in [0.2, 0.25) is 0 Å². The minimum atomic E-state index is 0.723. The highest BCUT2D eigenvalue weighted by molar-refractivity contribution is 7.98. The summed E-state index contributed by atoms with van der Waals surface area (Å²) in [5, 5.41) is 7.15. The molecule has 4 rings (SSSR count). The first-order valence-corrected chi connectivity index (χ1v) is 12.3. The van der Waals surface area contributed by atoms with Gasteiger partial charge in [-0.3, -0.25) is 10.00 Å². The van der Waals surface area contributed by atoms with Crippen LogP contribution in [-0.2, 0) is 0 Å². The summed E-state index contributed by atoms with van der Waals surface area (Å²) < 4.78 is 5.92. The van der Waals surface area contributed by atoms with Crippen LogP contribution in [0.5, 0.6) is 5.75 Å². The molecule has 0 amide bonds. The maximum absolute atomic E-state index is 5.92. The molecule has 1 N–H and O–H groups in total. The fourth-order valence-electron chi connectivity index (χ4n) is 3.82. The Bertz CT molecular complexity index is 1030. The van der Waals surface area contributed by atoms with Gasteiger partial charge in [0.2, 0.25) is 0 Å². The van der Waals surface area contributed by atoms with Gasteiger partial charge in [0.1, 0.15) is 12.4 Å². The topological polar surface area (TPSA) is 53.5 Å². The van der Waals surface area contributed by atoms with Crippen LogP contribution in [0.1, 0.15) is 24.8 Å². The number of allylic oxidation sites excluding steroid dienone is 1. The molecule has 0 radical (unpaired) electrons. The minimum Gasteiger partial charge on any atom is -0.492 e. The molecule has 3 aromatic rings. The van der Waals surface area contributed by atoms with Crippen molar-refractivity contribution in [3.63, 3.8) is 0 Å². The Balaban J connectivity index is 1.33. The fourth-order valence-corrected chi connectivity index (χ4v) is 4.23. The van der Waals surface area contributed by atoms with Gasteiger partial charge in [0, 0.05) is 23.2 Å². The van der Waals surface area contributed by atoms with E-state index in [-0.39, 0.29) is 0 Å². The predicted molar refractivity (Wildman–Crippen MR) is 135 cm³/mol. The number of thioether (sulfide) groups is 1. The van der Waals surface area contributed by atoms with Gasteiger partial charge in [-0.05, 0) is 73.2 Å². The van der Waals surface area contributed by atoms with Crippen molar-refractivity contribution in [2.24, 2.45) is 4.99 Å². The van der Waals surface area contributed by atoms with Gasteiger partial charge in [0.15, 0.2) is 5.82 Å². The summed E-state index contributed by atoms with van der Waals surface area (Å²) in [6.45, 7) is 8.28. The Morgan fingerprint density at radius 3 is 2.59 bits per heavy atom. The molecule has 1 aliphatic heterocycles. The number of rotatable bonds is 9. The quantitative estimate of drug-likeness (QED) is 0.320.